The zero-order valence-corrected chi connectivity index (χ0v) is 14.1. The molecule has 0 aromatic heterocycles. The Bertz CT molecular complexity index is 983. The summed E-state index contributed by atoms with van der Waals surface area (Å²) in [5, 5.41) is 0. The third-order valence-corrected chi connectivity index (χ3v) is 3.93. The highest BCUT2D eigenvalue weighted by Crippen LogP contribution is 2.32. The van der Waals surface area contributed by atoms with Crippen molar-refractivity contribution in [3.8, 4) is 28.0 Å². The lowest BCUT2D eigenvalue weighted by atomic mass is 9.99. The predicted octanol–water partition coefficient (Wildman–Crippen LogP) is 7.50. The Balaban J connectivity index is 0.00000280. The first-order chi connectivity index (χ1) is 12.8. The lowest BCUT2D eigenvalue weighted by Crippen LogP contribution is -1.95. The number of halogens is 5. The number of hydrogen-bond donors (Lipinski definition) is 0. The van der Waals surface area contributed by atoms with Crippen molar-refractivity contribution in [2.75, 3.05) is 0 Å². The average molecular weight is 392 g/mol. The summed E-state index contributed by atoms with van der Waals surface area (Å²) < 4.78 is 70.9. The largest absolute Gasteiger partial charge is 0.453 e. The maximum Gasteiger partial charge on any atom is 0.305 e. The van der Waals surface area contributed by atoms with E-state index in [1.54, 1.807) is 6.07 Å². The van der Waals surface area contributed by atoms with Crippen LogP contribution in [0.15, 0.2) is 66.9 Å². The second-order valence-electron chi connectivity index (χ2n) is 5.86. The molecule has 6 heteroatoms. The number of rotatable bonds is 4. The molecule has 0 N–H and O–H groups in total. The number of aryl methyl sites for hydroxylation is 1. The summed E-state index contributed by atoms with van der Waals surface area (Å²) in [5.41, 5.74) is 2.37. The van der Waals surface area contributed by atoms with Gasteiger partial charge in [-0.2, -0.15) is 8.78 Å². The van der Waals surface area contributed by atoms with Crippen LogP contribution < -0.4 is 4.74 Å². The lowest BCUT2D eigenvalue weighted by molar-refractivity contribution is 0.344. The van der Waals surface area contributed by atoms with E-state index in [1.165, 1.54) is 12.1 Å². The second kappa shape index (κ2) is 8.69. The van der Waals surface area contributed by atoms with E-state index in [0.29, 0.717) is 5.56 Å². The molecule has 3 rings (SSSR count). The van der Waals surface area contributed by atoms with E-state index in [0.717, 1.165) is 23.3 Å². The fourth-order valence-electron chi connectivity index (χ4n) is 2.61. The number of benzene rings is 3. The Morgan fingerprint density at radius 1 is 0.750 bits per heavy atom. The Morgan fingerprint density at radius 2 is 1.29 bits per heavy atom. The van der Waals surface area contributed by atoms with Gasteiger partial charge >= 0.3 is 6.08 Å². The fraction of sp³-hybridized carbons (Fsp3) is 0.0909. The van der Waals surface area contributed by atoms with E-state index >= 15 is 0 Å². The Hall–Kier alpha value is -3.15. The van der Waals surface area contributed by atoms with Crippen LogP contribution in [0.4, 0.5) is 22.0 Å². The van der Waals surface area contributed by atoms with Crippen LogP contribution in [-0.4, -0.2) is 0 Å². The molecule has 3 aromatic carbocycles. The van der Waals surface area contributed by atoms with Crippen LogP contribution in [0.5, 0.6) is 5.75 Å². The molecule has 0 atom stereocenters. The maximum atomic E-state index is 14.5. The van der Waals surface area contributed by atoms with Crippen LogP contribution in [0.1, 0.15) is 13.0 Å². The smallest absolute Gasteiger partial charge is 0.305 e. The molecule has 0 saturated carbocycles. The van der Waals surface area contributed by atoms with Crippen molar-refractivity contribution in [3.05, 3.63) is 90.0 Å². The normalized spacial score (nSPS) is 10.2. The minimum atomic E-state index is -2.24. The van der Waals surface area contributed by atoms with Crippen molar-refractivity contribution in [1.82, 2.24) is 0 Å². The van der Waals surface area contributed by atoms with Crippen LogP contribution in [0.3, 0.4) is 0 Å². The average Bonchev–Trinajstić information content (AvgIpc) is 2.61. The van der Waals surface area contributed by atoms with Gasteiger partial charge in [0.15, 0.2) is 23.6 Å². The Labute approximate surface area is 159 Å². The van der Waals surface area contributed by atoms with Crippen LogP contribution in [0.2, 0.25) is 0 Å². The monoisotopic (exact) mass is 392 g/mol. The minimum absolute atomic E-state index is 0. The number of hydrogen-bond acceptors (Lipinski definition) is 1. The fourth-order valence-corrected chi connectivity index (χ4v) is 2.61. The van der Waals surface area contributed by atoms with Crippen molar-refractivity contribution in [2.45, 2.75) is 14.4 Å². The summed E-state index contributed by atoms with van der Waals surface area (Å²) in [6, 6.07) is 13.4. The highest BCUT2D eigenvalue weighted by molar-refractivity contribution is 5.71. The van der Waals surface area contributed by atoms with Crippen molar-refractivity contribution in [1.29, 1.82) is 0 Å². The quantitative estimate of drug-likeness (QED) is 0.330. The van der Waals surface area contributed by atoms with Crippen molar-refractivity contribution < 1.29 is 26.7 Å². The Morgan fingerprint density at radius 3 is 1.82 bits per heavy atom. The van der Waals surface area contributed by atoms with E-state index in [-0.39, 0.29) is 24.8 Å². The zero-order valence-electron chi connectivity index (χ0n) is 14.1. The third-order valence-electron chi connectivity index (χ3n) is 3.93. The lowest BCUT2D eigenvalue weighted by Gasteiger charge is -2.10. The number of ether oxygens (including phenoxy) is 1. The van der Waals surface area contributed by atoms with E-state index in [9.17, 15) is 22.0 Å². The zero-order chi connectivity index (χ0) is 19.6. The molecule has 0 aliphatic carbocycles. The first-order valence-electron chi connectivity index (χ1n) is 7.89. The molecule has 1 nitrogen and oxygen atoms in total. The van der Waals surface area contributed by atoms with Gasteiger partial charge in [0.05, 0.1) is 0 Å². The molecule has 0 radical (unpaired) electrons. The van der Waals surface area contributed by atoms with Gasteiger partial charge in [-0.15, -0.1) is 0 Å². The van der Waals surface area contributed by atoms with Crippen LogP contribution in [0, 0.1) is 24.4 Å². The molecular formula is C22H17F5O. The Kier molecular flexibility index (Phi) is 6.57. The molecule has 0 bridgehead atoms. The topological polar surface area (TPSA) is 9.23 Å². The summed E-state index contributed by atoms with van der Waals surface area (Å²) >= 11 is 0. The molecule has 0 spiro atoms. The third kappa shape index (κ3) is 4.57. The standard InChI is InChI=1S/C21H13F5O.CH4/c1-12-2-4-13(5-3-12)14-6-7-16(17(22)8-14)15-9-18(23)21(19(24)10-15)27-11-20(25)26;/h2-11H,1H3;1H4. The molecule has 0 aliphatic heterocycles. The highest BCUT2D eigenvalue weighted by Gasteiger charge is 2.16. The van der Waals surface area contributed by atoms with Crippen LogP contribution in [0.25, 0.3) is 22.3 Å². The van der Waals surface area contributed by atoms with Gasteiger partial charge in [0.2, 0.25) is 0 Å². The van der Waals surface area contributed by atoms with Gasteiger partial charge in [0.1, 0.15) is 5.82 Å². The van der Waals surface area contributed by atoms with Crippen molar-refractivity contribution in [2.24, 2.45) is 0 Å². The van der Waals surface area contributed by atoms with E-state index in [4.69, 9.17) is 0 Å². The van der Waals surface area contributed by atoms with Crippen molar-refractivity contribution in [3.63, 3.8) is 0 Å². The molecule has 146 valence electrons. The SMILES string of the molecule is C.Cc1ccc(-c2ccc(-c3cc(F)c(OC=C(F)F)c(F)c3)c(F)c2)cc1. The van der Waals surface area contributed by atoms with Gasteiger partial charge < -0.3 is 4.74 Å². The maximum absolute atomic E-state index is 14.5. The molecule has 0 aliphatic rings. The molecule has 28 heavy (non-hydrogen) atoms. The summed E-state index contributed by atoms with van der Waals surface area (Å²) in [6.45, 7) is 1.93. The minimum Gasteiger partial charge on any atom is -0.453 e. The van der Waals surface area contributed by atoms with Crippen LogP contribution >= 0.6 is 0 Å². The summed E-state index contributed by atoms with van der Waals surface area (Å²) in [4.78, 5) is 0. The van der Waals surface area contributed by atoms with Crippen LogP contribution in [-0.2, 0) is 0 Å². The molecule has 0 heterocycles. The summed E-state index contributed by atoms with van der Waals surface area (Å²) in [5.74, 6) is -4.09. The molecular weight excluding hydrogens is 375 g/mol. The first kappa shape index (κ1) is 21.2. The molecule has 0 amide bonds. The van der Waals surface area contributed by atoms with Gasteiger partial charge in [-0.1, -0.05) is 49.4 Å². The molecule has 0 saturated heterocycles. The highest BCUT2D eigenvalue weighted by atomic mass is 19.3. The molecule has 3 aromatic rings. The van der Waals surface area contributed by atoms with Gasteiger partial charge in [-0.3, -0.25) is 0 Å². The first-order valence-corrected chi connectivity index (χ1v) is 7.89. The van der Waals surface area contributed by atoms with Crippen molar-refractivity contribution >= 4 is 0 Å². The van der Waals surface area contributed by atoms with Gasteiger partial charge in [0, 0.05) is 5.56 Å². The van der Waals surface area contributed by atoms with Gasteiger partial charge in [-0.25, -0.2) is 13.2 Å². The second-order valence-corrected chi connectivity index (χ2v) is 5.86. The summed E-state index contributed by atoms with van der Waals surface area (Å²) in [6.07, 6.45) is -2.31. The van der Waals surface area contributed by atoms with E-state index < -0.39 is 29.3 Å². The van der Waals surface area contributed by atoms with E-state index in [2.05, 4.69) is 4.74 Å². The van der Waals surface area contributed by atoms with Gasteiger partial charge in [0.25, 0.3) is 0 Å². The molecule has 0 unspecified atom stereocenters. The predicted molar refractivity (Wildman–Crippen MR) is 99.6 cm³/mol. The summed E-state index contributed by atoms with van der Waals surface area (Å²) in [7, 11) is 0. The molecule has 0 fully saturated rings. The van der Waals surface area contributed by atoms with Gasteiger partial charge in [-0.05, 0) is 41.8 Å². The van der Waals surface area contributed by atoms with E-state index in [1.807, 2.05) is 31.2 Å².